The summed E-state index contributed by atoms with van der Waals surface area (Å²) in [6.07, 6.45) is 4.92. The van der Waals surface area contributed by atoms with Crippen molar-refractivity contribution in [2.45, 2.75) is 128 Å². The lowest BCUT2D eigenvalue weighted by atomic mass is 9.81. The van der Waals surface area contributed by atoms with E-state index in [1.165, 1.54) is 6.92 Å². The van der Waals surface area contributed by atoms with Gasteiger partial charge in [-0.05, 0) is 55.6 Å². The third-order valence-corrected chi connectivity index (χ3v) is 13.4. The van der Waals surface area contributed by atoms with Gasteiger partial charge >= 0.3 is 5.97 Å². The average Bonchev–Trinajstić information content (AvgIpc) is 2.93. The van der Waals surface area contributed by atoms with Crippen molar-refractivity contribution in [3.63, 3.8) is 0 Å². The first kappa shape index (κ1) is 33.5. The molecule has 0 aromatic heterocycles. The third kappa shape index (κ3) is 9.51. The molecule has 0 N–H and O–H groups in total. The van der Waals surface area contributed by atoms with Crippen molar-refractivity contribution in [1.29, 1.82) is 0 Å². The number of benzene rings is 1. The highest BCUT2D eigenvalue weighted by molar-refractivity contribution is 6.73. The molecule has 0 aliphatic carbocycles. The zero-order valence-corrected chi connectivity index (χ0v) is 27.2. The number of rotatable bonds is 15. The van der Waals surface area contributed by atoms with E-state index >= 15 is 0 Å². The average molecular weight is 589 g/mol. The number of hydrogen-bond donors (Lipinski definition) is 0. The van der Waals surface area contributed by atoms with E-state index in [-0.39, 0.29) is 24.3 Å². The van der Waals surface area contributed by atoms with Gasteiger partial charge in [0.15, 0.2) is 14.1 Å². The predicted octanol–water partition coefficient (Wildman–Crippen LogP) is 7.50. The van der Waals surface area contributed by atoms with E-state index in [2.05, 4.69) is 40.9 Å². The molecule has 230 valence electrons. The summed E-state index contributed by atoms with van der Waals surface area (Å²) >= 11 is 0. The normalized spacial score (nSPS) is 28.3. The Hall–Kier alpha value is -1.97. The lowest BCUT2D eigenvalue weighted by molar-refractivity contribution is -0.348. The molecule has 2 heterocycles. The van der Waals surface area contributed by atoms with Crippen LogP contribution < -0.4 is 4.74 Å². The molecular formula is C33H52O7Si. The largest absolute Gasteiger partial charge is 0.497 e. The molecule has 8 heteroatoms. The molecule has 2 fully saturated rings. The van der Waals surface area contributed by atoms with E-state index in [0.717, 1.165) is 41.4 Å². The van der Waals surface area contributed by atoms with Gasteiger partial charge in [0, 0.05) is 39.2 Å². The second-order valence-corrected chi connectivity index (χ2v) is 16.7. The maximum absolute atomic E-state index is 12.1. The van der Waals surface area contributed by atoms with Gasteiger partial charge in [-0.1, -0.05) is 57.7 Å². The van der Waals surface area contributed by atoms with Gasteiger partial charge in [0.1, 0.15) is 11.9 Å². The van der Waals surface area contributed by atoms with Crippen LogP contribution in [0.2, 0.25) is 18.1 Å². The molecular weight excluding hydrogens is 536 g/mol. The van der Waals surface area contributed by atoms with Gasteiger partial charge in [0.05, 0.1) is 31.5 Å². The van der Waals surface area contributed by atoms with Gasteiger partial charge in [-0.25, -0.2) is 0 Å². The maximum Gasteiger partial charge on any atom is 0.302 e. The van der Waals surface area contributed by atoms with Gasteiger partial charge < -0.3 is 28.1 Å². The van der Waals surface area contributed by atoms with Gasteiger partial charge in [-0.15, -0.1) is 0 Å². The highest BCUT2D eigenvalue weighted by atomic mass is 28.4. The molecule has 0 saturated carbocycles. The van der Waals surface area contributed by atoms with Crippen LogP contribution in [0.5, 0.6) is 5.75 Å². The molecule has 7 nitrogen and oxygen atoms in total. The number of allylic oxidation sites excluding steroid dienone is 1. The van der Waals surface area contributed by atoms with Crippen LogP contribution in [-0.2, 0) is 34.8 Å². The van der Waals surface area contributed by atoms with Crippen molar-refractivity contribution in [2.24, 2.45) is 0 Å². The Kier molecular flexibility index (Phi) is 12.2. The van der Waals surface area contributed by atoms with Crippen LogP contribution in [-0.4, -0.2) is 57.7 Å². The zero-order valence-electron chi connectivity index (χ0n) is 26.2. The first-order chi connectivity index (χ1) is 19.5. The minimum atomic E-state index is -1.93. The fourth-order valence-electron chi connectivity index (χ4n) is 6.51. The topological polar surface area (TPSA) is 72.5 Å². The van der Waals surface area contributed by atoms with E-state index < -0.39 is 19.7 Å². The Balaban J connectivity index is 1.79. The molecule has 0 bridgehead atoms. The molecule has 3 rings (SSSR count). The second-order valence-electron chi connectivity index (χ2n) is 12.0. The van der Waals surface area contributed by atoms with Crippen LogP contribution in [0.25, 0.3) is 0 Å². The smallest absolute Gasteiger partial charge is 0.302 e. The van der Waals surface area contributed by atoms with Crippen molar-refractivity contribution >= 4 is 14.3 Å². The zero-order chi connectivity index (χ0) is 30.1. The summed E-state index contributed by atoms with van der Waals surface area (Å²) in [6, 6.07) is 11.1. The highest BCUT2D eigenvalue weighted by Crippen LogP contribution is 2.48. The molecule has 41 heavy (non-hydrogen) atoms. The number of hydrogen-bond acceptors (Lipinski definition) is 7. The summed E-state index contributed by atoms with van der Waals surface area (Å²) in [5, 5.41) is 0. The number of ether oxygens (including phenoxy) is 5. The van der Waals surface area contributed by atoms with Crippen LogP contribution in [0, 0.1) is 0 Å². The number of carbonyl (C=O) groups is 1. The van der Waals surface area contributed by atoms with Gasteiger partial charge in [0.2, 0.25) is 0 Å². The van der Waals surface area contributed by atoms with E-state index in [9.17, 15) is 4.79 Å². The Bertz CT molecular complexity index is 999. The molecule has 0 unspecified atom stereocenters. The number of methoxy groups -OCH3 is 1. The fraction of sp³-hybridized carbons (Fsp3) is 0.667. The summed E-state index contributed by atoms with van der Waals surface area (Å²) in [5.41, 5.74) is 1.58. The molecule has 2 saturated heterocycles. The Morgan fingerprint density at radius 2 is 1.76 bits per heavy atom. The van der Waals surface area contributed by atoms with E-state index in [1.807, 2.05) is 24.3 Å². The third-order valence-electron chi connectivity index (χ3n) is 8.65. The SMILES string of the molecule is C=CC(=C)C[C@H]1C[C@](C)(O[Si](CC)(CC)CC)C[C@@]2(C[C@@H](OC(C)=O)C[C@H](CCOCc3ccc(OC)cc3)O2)O1. The molecule has 1 aromatic rings. The molecule has 5 atom stereocenters. The van der Waals surface area contributed by atoms with E-state index in [0.29, 0.717) is 45.3 Å². The lowest BCUT2D eigenvalue weighted by Crippen LogP contribution is -2.61. The van der Waals surface area contributed by atoms with E-state index in [1.54, 1.807) is 13.2 Å². The monoisotopic (exact) mass is 588 g/mol. The highest BCUT2D eigenvalue weighted by Gasteiger charge is 2.55. The standard InChI is InChI=1S/C33H52O7Si/c1-9-25(5)19-31-21-32(7,40-41(10-2,11-3)12-4)24-33(39-31)22-30(37-26(6)34)20-29(38-33)17-18-36-23-27-13-15-28(35-8)16-14-27/h9,13-16,29-31H,1,5,10-12,17-24H2,2-4,6-8H3/t29-,30-,31-,32-,33+/m0/s1. The molecule has 1 aromatic carbocycles. The number of carbonyl (C=O) groups excluding carboxylic acids is 1. The summed E-state index contributed by atoms with van der Waals surface area (Å²) < 4.78 is 37.9. The summed E-state index contributed by atoms with van der Waals surface area (Å²) in [6.45, 7) is 19.5. The van der Waals surface area contributed by atoms with Crippen molar-refractivity contribution in [3.8, 4) is 5.75 Å². The van der Waals surface area contributed by atoms with Crippen LogP contribution in [0.1, 0.15) is 78.7 Å². The van der Waals surface area contributed by atoms with Crippen molar-refractivity contribution in [1.82, 2.24) is 0 Å². The summed E-state index contributed by atoms with van der Waals surface area (Å²) in [5.74, 6) is -0.392. The molecule has 2 aliphatic heterocycles. The van der Waals surface area contributed by atoms with Crippen LogP contribution >= 0.6 is 0 Å². The Morgan fingerprint density at radius 1 is 1.10 bits per heavy atom. The minimum Gasteiger partial charge on any atom is -0.497 e. The van der Waals surface area contributed by atoms with Crippen LogP contribution in [0.15, 0.2) is 49.1 Å². The summed E-state index contributed by atoms with van der Waals surface area (Å²) in [7, 11) is -0.270. The Labute approximate surface area is 248 Å². The van der Waals surface area contributed by atoms with Gasteiger partial charge in [0.25, 0.3) is 0 Å². The van der Waals surface area contributed by atoms with Gasteiger partial charge in [-0.2, -0.15) is 0 Å². The predicted molar refractivity (Wildman–Crippen MR) is 164 cm³/mol. The molecule has 0 amide bonds. The van der Waals surface area contributed by atoms with Crippen LogP contribution in [0.3, 0.4) is 0 Å². The van der Waals surface area contributed by atoms with Crippen LogP contribution in [0.4, 0.5) is 0 Å². The van der Waals surface area contributed by atoms with Gasteiger partial charge in [-0.3, -0.25) is 4.79 Å². The quantitative estimate of drug-likeness (QED) is 0.0909. The number of esters is 1. The molecule has 1 spiro atoms. The van der Waals surface area contributed by atoms with E-state index in [4.69, 9.17) is 28.1 Å². The second kappa shape index (κ2) is 15.0. The van der Waals surface area contributed by atoms with Crippen molar-refractivity contribution < 1.29 is 32.9 Å². The lowest BCUT2D eigenvalue weighted by Gasteiger charge is -2.55. The summed E-state index contributed by atoms with van der Waals surface area (Å²) in [4.78, 5) is 12.1. The van der Waals surface area contributed by atoms with Crippen molar-refractivity contribution in [2.75, 3.05) is 13.7 Å². The molecule has 0 radical (unpaired) electrons. The first-order valence-electron chi connectivity index (χ1n) is 15.2. The van der Waals surface area contributed by atoms with Crippen molar-refractivity contribution in [3.05, 3.63) is 54.6 Å². The minimum absolute atomic E-state index is 0.139. The molecule has 2 aliphatic rings. The maximum atomic E-state index is 12.1. The Morgan fingerprint density at radius 3 is 2.34 bits per heavy atom. The fourth-order valence-corrected chi connectivity index (χ4v) is 9.64. The first-order valence-corrected chi connectivity index (χ1v) is 17.8.